The zero-order valence-electron chi connectivity index (χ0n) is 8.79. The largest absolute Gasteiger partial charge is 0.450 e. The molecule has 1 aromatic rings. The predicted octanol–water partition coefficient (Wildman–Crippen LogP) is 3.26. The van der Waals surface area contributed by atoms with Gasteiger partial charge in [-0.2, -0.15) is 0 Å². The van der Waals surface area contributed by atoms with Crippen molar-refractivity contribution in [2.24, 2.45) is 0 Å². The molecule has 0 unspecified atom stereocenters. The van der Waals surface area contributed by atoms with Crippen molar-refractivity contribution in [3.63, 3.8) is 0 Å². The van der Waals surface area contributed by atoms with Crippen LogP contribution in [-0.4, -0.2) is 12.7 Å². The molecule has 0 radical (unpaired) electrons. The summed E-state index contributed by atoms with van der Waals surface area (Å²) in [5, 5.41) is 2.74. The summed E-state index contributed by atoms with van der Waals surface area (Å²) in [7, 11) is 0. The van der Waals surface area contributed by atoms with E-state index < -0.39 is 0 Å². The second-order valence-electron chi connectivity index (χ2n) is 3.14. The van der Waals surface area contributed by atoms with Gasteiger partial charge in [0.05, 0.1) is 12.6 Å². The van der Waals surface area contributed by atoms with Crippen molar-refractivity contribution in [1.82, 2.24) is 5.32 Å². The highest BCUT2D eigenvalue weighted by molar-refractivity contribution is 9.10. The minimum Gasteiger partial charge on any atom is -0.450 e. The Kier molecular flexibility index (Phi) is 4.62. The number of ether oxygens (including phenoxy) is 1. The lowest BCUT2D eigenvalue weighted by Gasteiger charge is -2.13. The fourth-order valence-corrected chi connectivity index (χ4v) is 1.63. The van der Waals surface area contributed by atoms with Crippen molar-refractivity contribution in [3.05, 3.63) is 34.3 Å². The van der Waals surface area contributed by atoms with Crippen LogP contribution in [0.5, 0.6) is 0 Å². The molecule has 0 bridgehead atoms. The van der Waals surface area contributed by atoms with Gasteiger partial charge in [-0.05, 0) is 31.5 Å². The van der Waals surface area contributed by atoms with E-state index in [9.17, 15) is 4.79 Å². The van der Waals surface area contributed by atoms with Crippen LogP contribution in [0, 0.1) is 0 Å². The first-order chi connectivity index (χ1) is 7.13. The Labute approximate surface area is 97.9 Å². The highest BCUT2D eigenvalue weighted by atomic mass is 79.9. The summed E-state index contributed by atoms with van der Waals surface area (Å²) in [5.41, 5.74) is 1.04. The first kappa shape index (κ1) is 12.0. The molecule has 0 aliphatic heterocycles. The van der Waals surface area contributed by atoms with Crippen LogP contribution in [0.1, 0.15) is 25.5 Å². The first-order valence-corrected chi connectivity index (χ1v) is 5.61. The lowest BCUT2D eigenvalue weighted by molar-refractivity contribution is 0.149. The summed E-state index contributed by atoms with van der Waals surface area (Å²) in [5.74, 6) is 0. The zero-order chi connectivity index (χ0) is 11.3. The van der Waals surface area contributed by atoms with Crippen molar-refractivity contribution in [3.8, 4) is 0 Å². The molecule has 82 valence electrons. The molecule has 0 saturated carbocycles. The van der Waals surface area contributed by atoms with Crippen molar-refractivity contribution < 1.29 is 9.53 Å². The molecule has 1 amide bonds. The molecule has 1 aromatic carbocycles. The minimum atomic E-state index is -0.384. The average molecular weight is 272 g/mol. The Bertz CT molecular complexity index is 341. The van der Waals surface area contributed by atoms with Crippen LogP contribution in [0.15, 0.2) is 28.7 Å². The number of benzene rings is 1. The maximum Gasteiger partial charge on any atom is 0.407 e. The second-order valence-corrected chi connectivity index (χ2v) is 4.06. The van der Waals surface area contributed by atoms with Gasteiger partial charge in [-0.15, -0.1) is 0 Å². The summed E-state index contributed by atoms with van der Waals surface area (Å²) in [6, 6.07) is 7.75. The molecule has 4 heteroatoms. The number of alkyl carbamates (subject to hydrolysis) is 1. The van der Waals surface area contributed by atoms with Crippen molar-refractivity contribution in [2.45, 2.75) is 19.9 Å². The molecule has 0 spiro atoms. The number of nitrogens with one attached hydrogen (secondary N) is 1. The number of hydrogen-bond acceptors (Lipinski definition) is 2. The Morgan fingerprint density at radius 3 is 2.93 bits per heavy atom. The highest BCUT2D eigenvalue weighted by Crippen LogP contribution is 2.17. The molecule has 0 aromatic heterocycles. The van der Waals surface area contributed by atoms with Crippen LogP contribution < -0.4 is 5.32 Å². The molecule has 0 heterocycles. The third-order valence-corrected chi connectivity index (χ3v) is 2.45. The SMILES string of the molecule is CCOC(=O)N[C@H](C)c1cccc(Br)c1. The van der Waals surface area contributed by atoms with Crippen LogP contribution >= 0.6 is 15.9 Å². The van der Waals surface area contributed by atoms with Crippen molar-refractivity contribution in [2.75, 3.05) is 6.61 Å². The summed E-state index contributed by atoms with van der Waals surface area (Å²) < 4.78 is 5.80. The van der Waals surface area contributed by atoms with Gasteiger partial charge >= 0.3 is 6.09 Å². The summed E-state index contributed by atoms with van der Waals surface area (Å²) in [4.78, 5) is 11.2. The van der Waals surface area contributed by atoms with Gasteiger partial charge in [0.15, 0.2) is 0 Å². The molecule has 0 fully saturated rings. The Hall–Kier alpha value is -1.03. The lowest BCUT2D eigenvalue weighted by Crippen LogP contribution is -2.27. The predicted molar refractivity (Wildman–Crippen MR) is 62.7 cm³/mol. The smallest absolute Gasteiger partial charge is 0.407 e. The van der Waals surface area contributed by atoms with E-state index in [1.165, 1.54) is 0 Å². The van der Waals surface area contributed by atoms with Crippen molar-refractivity contribution in [1.29, 1.82) is 0 Å². The van der Waals surface area contributed by atoms with E-state index in [1.807, 2.05) is 31.2 Å². The van der Waals surface area contributed by atoms with Gasteiger partial charge in [0.2, 0.25) is 0 Å². The van der Waals surface area contributed by atoms with Crippen LogP contribution in [-0.2, 0) is 4.74 Å². The number of rotatable bonds is 3. The van der Waals surface area contributed by atoms with E-state index in [0.29, 0.717) is 6.61 Å². The number of amides is 1. The van der Waals surface area contributed by atoms with Gasteiger partial charge in [-0.1, -0.05) is 28.1 Å². The van der Waals surface area contributed by atoms with Crippen molar-refractivity contribution >= 4 is 22.0 Å². The summed E-state index contributed by atoms with van der Waals surface area (Å²) in [6.45, 7) is 4.08. The fraction of sp³-hybridized carbons (Fsp3) is 0.364. The second kappa shape index (κ2) is 5.75. The molecule has 0 aliphatic rings. The Balaban J connectivity index is 2.60. The highest BCUT2D eigenvalue weighted by Gasteiger charge is 2.09. The number of hydrogen-bond donors (Lipinski definition) is 1. The van der Waals surface area contributed by atoms with E-state index in [4.69, 9.17) is 4.74 Å². The monoisotopic (exact) mass is 271 g/mol. The normalized spacial score (nSPS) is 11.9. The molecule has 1 N–H and O–H groups in total. The van der Waals surface area contributed by atoms with Crippen LogP contribution in [0.2, 0.25) is 0 Å². The quantitative estimate of drug-likeness (QED) is 0.917. The molecule has 3 nitrogen and oxygen atoms in total. The number of carbonyl (C=O) groups excluding carboxylic acids is 1. The maximum absolute atomic E-state index is 11.2. The standard InChI is InChI=1S/C11H14BrNO2/c1-3-15-11(14)13-8(2)9-5-4-6-10(12)7-9/h4-8H,3H2,1-2H3,(H,13,14)/t8-/m1/s1. The van der Waals surface area contributed by atoms with Gasteiger partial charge in [-0.3, -0.25) is 0 Å². The molecular formula is C11H14BrNO2. The third kappa shape index (κ3) is 3.91. The first-order valence-electron chi connectivity index (χ1n) is 4.82. The molecular weight excluding hydrogens is 258 g/mol. The Morgan fingerprint density at radius 2 is 2.33 bits per heavy atom. The van der Waals surface area contributed by atoms with E-state index in [-0.39, 0.29) is 12.1 Å². The van der Waals surface area contributed by atoms with Gasteiger partial charge in [-0.25, -0.2) is 4.79 Å². The van der Waals surface area contributed by atoms with Crippen LogP contribution in [0.4, 0.5) is 4.79 Å². The molecule has 0 aliphatic carbocycles. The average Bonchev–Trinajstić information content (AvgIpc) is 2.18. The van der Waals surface area contributed by atoms with Gasteiger partial charge in [0.25, 0.3) is 0 Å². The lowest BCUT2D eigenvalue weighted by atomic mass is 10.1. The van der Waals surface area contributed by atoms with E-state index in [1.54, 1.807) is 6.92 Å². The minimum absolute atomic E-state index is 0.0541. The topological polar surface area (TPSA) is 38.3 Å². The molecule has 1 atom stereocenters. The van der Waals surface area contributed by atoms with Crippen LogP contribution in [0.3, 0.4) is 0 Å². The van der Waals surface area contributed by atoms with Gasteiger partial charge in [0, 0.05) is 4.47 Å². The number of carbonyl (C=O) groups is 1. The third-order valence-electron chi connectivity index (χ3n) is 1.96. The maximum atomic E-state index is 11.2. The number of halogens is 1. The van der Waals surface area contributed by atoms with E-state index >= 15 is 0 Å². The molecule has 0 saturated heterocycles. The zero-order valence-corrected chi connectivity index (χ0v) is 10.4. The molecule has 1 rings (SSSR count). The summed E-state index contributed by atoms with van der Waals surface area (Å²) in [6.07, 6.45) is -0.384. The fourth-order valence-electron chi connectivity index (χ4n) is 1.21. The van der Waals surface area contributed by atoms with Gasteiger partial charge in [0.1, 0.15) is 0 Å². The van der Waals surface area contributed by atoms with E-state index in [0.717, 1.165) is 10.0 Å². The van der Waals surface area contributed by atoms with Crippen LogP contribution in [0.25, 0.3) is 0 Å². The van der Waals surface area contributed by atoms with Gasteiger partial charge < -0.3 is 10.1 Å². The summed E-state index contributed by atoms with van der Waals surface area (Å²) >= 11 is 3.38. The Morgan fingerprint density at radius 1 is 1.60 bits per heavy atom. The van der Waals surface area contributed by atoms with E-state index in [2.05, 4.69) is 21.2 Å². The molecule has 15 heavy (non-hydrogen) atoms.